The Bertz CT molecular complexity index is 916. The van der Waals surface area contributed by atoms with Crippen LogP contribution in [0, 0.1) is 0 Å². The van der Waals surface area contributed by atoms with Crippen LogP contribution in [0.25, 0.3) is 0 Å². The lowest BCUT2D eigenvalue weighted by molar-refractivity contribution is 0.358. The second-order valence-corrected chi connectivity index (χ2v) is 7.72. The summed E-state index contributed by atoms with van der Waals surface area (Å²) in [6.07, 6.45) is 1.71. The highest BCUT2D eigenvalue weighted by Crippen LogP contribution is 2.17. The monoisotopic (exact) mass is 530 g/mol. The molecule has 7 nitrogen and oxygen atoms in total. The third-order valence-corrected chi connectivity index (χ3v) is 5.39. The molecule has 0 saturated carbocycles. The first-order valence-electron chi connectivity index (χ1n) is 8.78. The molecule has 0 aromatic heterocycles. The average Bonchev–Trinajstić information content (AvgIpc) is 2.73. The number of guanidine groups is 1. The van der Waals surface area contributed by atoms with Crippen LogP contribution in [0.2, 0.25) is 0 Å². The fourth-order valence-electron chi connectivity index (χ4n) is 2.43. The largest absolute Gasteiger partial charge is 0.489 e. The van der Waals surface area contributed by atoms with Gasteiger partial charge in [-0.15, -0.1) is 24.0 Å². The molecule has 0 amide bonds. The van der Waals surface area contributed by atoms with E-state index in [0.29, 0.717) is 25.7 Å². The highest BCUT2D eigenvalue weighted by atomic mass is 127. The molecule has 2 aromatic carbocycles. The molecule has 9 heteroatoms. The van der Waals surface area contributed by atoms with Crippen LogP contribution in [0.5, 0.6) is 5.75 Å². The Labute approximate surface area is 189 Å². The summed E-state index contributed by atoms with van der Waals surface area (Å²) in [4.78, 5) is 4.45. The third-order valence-electron chi connectivity index (χ3n) is 3.96. The SMILES string of the molecule is C=CCOc1ccccc1CNC(=NC)NCc1ccc(S(=O)(=O)NC)cc1.I. The number of nitrogens with one attached hydrogen (secondary N) is 3. The van der Waals surface area contributed by atoms with E-state index in [4.69, 9.17) is 4.74 Å². The number of para-hydroxylation sites is 1. The maximum absolute atomic E-state index is 11.8. The number of sulfonamides is 1. The van der Waals surface area contributed by atoms with Gasteiger partial charge in [-0.25, -0.2) is 13.1 Å². The molecule has 0 aliphatic carbocycles. The summed E-state index contributed by atoms with van der Waals surface area (Å²) in [6.45, 7) is 5.17. The molecular formula is C20H27IN4O3S. The van der Waals surface area contributed by atoms with E-state index >= 15 is 0 Å². The van der Waals surface area contributed by atoms with Crippen LogP contribution in [0.4, 0.5) is 0 Å². The Morgan fingerprint density at radius 1 is 1.10 bits per heavy atom. The van der Waals surface area contributed by atoms with Gasteiger partial charge in [0.1, 0.15) is 12.4 Å². The van der Waals surface area contributed by atoms with E-state index in [1.807, 2.05) is 24.3 Å². The number of hydrogen-bond acceptors (Lipinski definition) is 4. The smallest absolute Gasteiger partial charge is 0.240 e. The van der Waals surface area contributed by atoms with E-state index in [0.717, 1.165) is 16.9 Å². The Kier molecular flexibility index (Phi) is 10.7. The molecule has 0 saturated heterocycles. The molecule has 0 spiro atoms. The van der Waals surface area contributed by atoms with Crippen LogP contribution >= 0.6 is 24.0 Å². The topological polar surface area (TPSA) is 91.8 Å². The first-order valence-corrected chi connectivity index (χ1v) is 10.3. The standard InChI is InChI=1S/C20H26N4O3S.HI/c1-4-13-27-19-8-6-5-7-17(19)15-24-20(21-2)23-14-16-9-11-18(12-10-16)28(25,26)22-3;/h4-12,22H,1,13-15H2,2-3H3,(H2,21,23,24);1H. The third kappa shape index (κ3) is 7.67. The second kappa shape index (κ2) is 12.5. The van der Waals surface area contributed by atoms with Gasteiger partial charge in [-0.1, -0.05) is 43.0 Å². The van der Waals surface area contributed by atoms with Gasteiger partial charge in [-0.05, 0) is 30.8 Å². The minimum Gasteiger partial charge on any atom is -0.489 e. The first kappa shape index (κ1) is 24.9. The number of rotatable bonds is 9. The highest BCUT2D eigenvalue weighted by molar-refractivity contribution is 14.0. The quantitative estimate of drug-likeness (QED) is 0.201. The molecule has 0 heterocycles. The summed E-state index contributed by atoms with van der Waals surface area (Å²) >= 11 is 0. The maximum atomic E-state index is 11.8. The summed E-state index contributed by atoms with van der Waals surface area (Å²) < 4.78 is 31.5. The fraction of sp³-hybridized carbons (Fsp3) is 0.250. The Balaban J connectivity index is 0.00000420. The summed E-state index contributed by atoms with van der Waals surface area (Å²) in [7, 11) is -0.343. The molecule has 0 aliphatic rings. The van der Waals surface area contributed by atoms with Gasteiger partial charge in [0.25, 0.3) is 0 Å². The van der Waals surface area contributed by atoms with E-state index in [-0.39, 0.29) is 28.9 Å². The normalized spacial score (nSPS) is 11.3. The van der Waals surface area contributed by atoms with Crippen molar-refractivity contribution >= 4 is 40.0 Å². The van der Waals surface area contributed by atoms with E-state index in [9.17, 15) is 8.42 Å². The maximum Gasteiger partial charge on any atom is 0.240 e. The number of benzene rings is 2. The molecule has 29 heavy (non-hydrogen) atoms. The zero-order valence-corrected chi connectivity index (χ0v) is 19.7. The Hall–Kier alpha value is -2.11. The molecule has 0 radical (unpaired) electrons. The van der Waals surface area contributed by atoms with E-state index in [1.165, 1.54) is 7.05 Å². The zero-order chi connectivity index (χ0) is 20.4. The molecule has 3 N–H and O–H groups in total. The van der Waals surface area contributed by atoms with Gasteiger partial charge in [-0.3, -0.25) is 4.99 Å². The van der Waals surface area contributed by atoms with Gasteiger partial charge in [0.15, 0.2) is 5.96 Å². The van der Waals surface area contributed by atoms with Crippen LogP contribution in [0.3, 0.4) is 0 Å². The number of nitrogens with zero attached hydrogens (tertiary/aromatic N) is 1. The van der Waals surface area contributed by atoms with E-state index in [2.05, 4.69) is 26.9 Å². The highest BCUT2D eigenvalue weighted by Gasteiger charge is 2.10. The average molecular weight is 530 g/mol. The van der Waals surface area contributed by atoms with Gasteiger partial charge < -0.3 is 15.4 Å². The van der Waals surface area contributed by atoms with Crippen LogP contribution < -0.4 is 20.1 Å². The van der Waals surface area contributed by atoms with E-state index < -0.39 is 10.0 Å². The number of halogens is 1. The number of ether oxygens (including phenoxy) is 1. The lowest BCUT2D eigenvalue weighted by atomic mass is 10.2. The van der Waals surface area contributed by atoms with Crippen molar-refractivity contribution in [3.63, 3.8) is 0 Å². The minimum absolute atomic E-state index is 0. The van der Waals surface area contributed by atoms with Crippen molar-refractivity contribution in [2.45, 2.75) is 18.0 Å². The second-order valence-electron chi connectivity index (χ2n) is 5.84. The van der Waals surface area contributed by atoms with Crippen LogP contribution in [0.15, 0.2) is 71.1 Å². The van der Waals surface area contributed by atoms with Gasteiger partial charge in [-0.2, -0.15) is 0 Å². The lowest BCUT2D eigenvalue weighted by Crippen LogP contribution is -2.36. The first-order chi connectivity index (χ1) is 13.5. The molecule has 0 fully saturated rings. The van der Waals surface area contributed by atoms with Crippen molar-refractivity contribution in [3.05, 3.63) is 72.3 Å². The fourth-order valence-corrected chi connectivity index (χ4v) is 3.16. The molecule has 2 rings (SSSR count). The molecular weight excluding hydrogens is 503 g/mol. The van der Waals surface area contributed by atoms with Crippen molar-refractivity contribution < 1.29 is 13.2 Å². The summed E-state index contributed by atoms with van der Waals surface area (Å²) in [6, 6.07) is 14.5. The lowest BCUT2D eigenvalue weighted by Gasteiger charge is -2.14. The number of hydrogen-bond donors (Lipinski definition) is 3. The van der Waals surface area contributed by atoms with Gasteiger partial charge in [0.2, 0.25) is 10.0 Å². The van der Waals surface area contributed by atoms with Crippen LogP contribution in [0.1, 0.15) is 11.1 Å². The van der Waals surface area contributed by atoms with Gasteiger partial charge in [0, 0.05) is 25.7 Å². The zero-order valence-electron chi connectivity index (χ0n) is 16.5. The molecule has 0 aliphatic heterocycles. The molecule has 2 aromatic rings. The number of aliphatic imine (C=N–C) groups is 1. The van der Waals surface area contributed by atoms with Crippen molar-refractivity contribution in [3.8, 4) is 5.75 Å². The van der Waals surface area contributed by atoms with Crippen LogP contribution in [-0.4, -0.2) is 35.1 Å². The molecule has 0 atom stereocenters. The predicted octanol–water partition coefficient (Wildman–Crippen LogP) is 2.64. The summed E-state index contributed by atoms with van der Waals surface area (Å²) in [5.41, 5.74) is 1.95. The summed E-state index contributed by atoms with van der Waals surface area (Å²) in [5, 5.41) is 6.45. The Morgan fingerprint density at radius 2 is 1.76 bits per heavy atom. The molecule has 0 bridgehead atoms. The van der Waals surface area contributed by atoms with E-state index in [1.54, 1.807) is 37.4 Å². The van der Waals surface area contributed by atoms with Gasteiger partial charge in [0.05, 0.1) is 4.90 Å². The van der Waals surface area contributed by atoms with Crippen molar-refractivity contribution in [2.24, 2.45) is 4.99 Å². The van der Waals surface area contributed by atoms with Crippen molar-refractivity contribution in [2.75, 3.05) is 20.7 Å². The van der Waals surface area contributed by atoms with Crippen molar-refractivity contribution in [1.29, 1.82) is 0 Å². The van der Waals surface area contributed by atoms with Crippen molar-refractivity contribution in [1.82, 2.24) is 15.4 Å². The predicted molar refractivity (Wildman–Crippen MR) is 127 cm³/mol. The van der Waals surface area contributed by atoms with Crippen LogP contribution in [-0.2, 0) is 23.1 Å². The molecule has 0 unspecified atom stereocenters. The minimum atomic E-state index is -3.43. The summed E-state index contributed by atoms with van der Waals surface area (Å²) in [5.74, 6) is 1.43. The van der Waals surface area contributed by atoms with Gasteiger partial charge >= 0.3 is 0 Å². The molecule has 158 valence electrons. The Morgan fingerprint density at radius 3 is 2.38 bits per heavy atom.